The van der Waals surface area contributed by atoms with Gasteiger partial charge in [-0.2, -0.15) is 18.3 Å². The van der Waals surface area contributed by atoms with Crippen molar-refractivity contribution in [2.24, 2.45) is 0 Å². The molecule has 6 nitrogen and oxygen atoms in total. The Morgan fingerprint density at radius 2 is 1.91 bits per heavy atom. The normalized spacial score (nSPS) is 15.9. The lowest BCUT2D eigenvalue weighted by atomic mass is 10.2. The van der Waals surface area contributed by atoms with Gasteiger partial charge in [0.25, 0.3) is 0 Å². The molecule has 0 saturated heterocycles. The minimum Gasteiger partial charge on any atom is -0.464 e. The van der Waals surface area contributed by atoms with Gasteiger partial charge in [0, 0.05) is 6.20 Å². The van der Waals surface area contributed by atoms with Crippen molar-refractivity contribution in [2.75, 3.05) is 11.6 Å². The number of esters is 1. The molecule has 0 amide bonds. The Hall–Kier alpha value is -2.26. The summed E-state index contributed by atoms with van der Waals surface area (Å²) in [6, 6.07) is 4.60. The first-order valence-corrected chi connectivity index (χ1v) is 6.85. The zero-order valence-corrected chi connectivity index (χ0v) is 12.5. The monoisotopic (exact) mass is 331 g/mol. The molecule has 0 fully saturated rings. The van der Waals surface area contributed by atoms with Crippen LogP contribution in [0.25, 0.3) is 0 Å². The van der Waals surface area contributed by atoms with E-state index in [1.165, 1.54) is 35.4 Å². The zero-order chi connectivity index (χ0) is 17.0. The van der Waals surface area contributed by atoms with Gasteiger partial charge in [0.05, 0.1) is 24.1 Å². The van der Waals surface area contributed by atoms with E-state index < -0.39 is 23.8 Å². The Kier molecular flexibility index (Phi) is 5.12. The molecule has 0 aliphatic carbocycles. The predicted molar refractivity (Wildman–Crippen MR) is 75.2 cm³/mol. The van der Waals surface area contributed by atoms with Gasteiger partial charge >= 0.3 is 12.1 Å². The van der Waals surface area contributed by atoms with Crippen molar-refractivity contribution < 1.29 is 27.5 Å². The fourth-order valence-electron chi connectivity index (χ4n) is 1.79. The molecule has 1 heterocycles. The molecule has 2 rings (SSSR count). The minimum absolute atomic E-state index is 0.244. The third-order valence-electron chi connectivity index (χ3n) is 2.92. The van der Waals surface area contributed by atoms with Gasteiger partial charge < -0.3 is 4.74 Å². The Morgan fingerprint density at radius 3 is 2.48 bits per heavy atom. The number of hydrazine groups is 2. The molecule has 23 heavy (non-hydrogen) atoms. The van der Waals surface area contributed by atoms with E-state index in [0.717, 1.165) is 12.1 Å². The van der Waals surface area contributed by atoms with Crippen LogP contribution in [0.5, 0.6) is 0 Å². The van der Waals surface area contributed by atoms with Crippen molar-refractivity contribution in [3.63, 3.8) is 0 Å². The first-order chi connectivity index (χ1) is 10.8. The van der Waals surface area contributed by atoms with Crippen LogP contribution in [0.1, 0.15) is 19.4 Å². The molecule has 0 saturated carbocycles. The lowest BCUT2D eigenvalue weighted by Gasteiger charge is -2.23. The number of hydrogen-bond donors (Lipinski definition) is 1. The number of nitrogens with zero attached hydrogens (tertiary/aromatic N) is 2. The predicted octanol–water partition coefficient (Wildman–Crippen LogP) is 2.60. The average Bonchev–Trinajstić information content (AvgIpc) is 2.95. The highest BCUT2D eigenvalue weighted by atomic mass is 19.4. The standard InChI is InChI=1S/C14H16F3N3O3/c1-3-22-13(21)10(2)23-20-9-8-19(18-20)12-6-4-11(5-7-12)14(15,16)17/h4-10,18H,3H2,1-2H3. The number of rotatable bonds is 5. The largest absolute Gasteiger partial charge is 0.464 e. The smallest absolute Gasteiger partial charge is 0.416 e. The van der Waals surface area contributed by atoms with Gasteiger partial charge in [-0.15, -0.1) is 5.53 Å². The lowest BCUT2D eigenvalue weighted by molar-refractivity contribution is -0.205. The van der Waals surface area contributed by atoms with Gasteiger partial charge in [-0.05, 0) is 38.1 Å². The van der Waals surface area contributed by atoms with Crippen molar-refractivity contribution in [1.29, 1.82) is 0 Å². The molecular weight excluding hydrogens is 315 g/mol. The van der Waals surface area contributed by atoms with Crippen molar-refractivity contribution >= 4 is 11.7 Å². The summed E-state index contributed by atoms with van der Waals surface area (Å²) in [5.41, 5.74) is 2.49. The van der Waals surface area contributed by atoms with E-state index in [2.05, 4.69) is 5.53 Å². The van der Waals surface area contributed by atoms with Crippen LogP contribution < -0.4 is 10.5 Å². The maximum Gasteiger partial charge on any atom is 0.416 e. The molecule has 1 unspecified atom stereocenters. The molecule has 0 aromatic heterocycles. The topological polar surface area (TPSA) is 54.0 Å². The highest BCUT2D eigenvalue weighted by Crippen LogP contribution is 2.30. The number of carbonyl (C=O) groups is 1. The molecule has 126 valence electrons. The van der Waals surface area contributed by atoms with Crippen LogP contribution in [0, 0.1) is 0 Å². The first kappa shape index (κ1) is 17.1. The minimum atomic E-state index is -4.38. The van der Waals surface area contributed by atoms with E-state index in [0.29, 0.717) is 5.69 Å². The third kappa shape index (κ3) is 4.36. The van der Waals surface area contributed by atoms with E-state index in [4.69, 9.17) is 9.57 Å². The highest BCUT2D eigenvalue weighted by Gasteiger charge is 2.30. The summed E-state index contributed by atoms with van der Waals surface area (Å²) in [5.74, 6) is -0.518. The molecular formula is C14H16F3N3O3. The molecule has 0 radical (unpaired) electrons. The summed E-state index contributed by atoms with van der Waals surface area (Å²) >= 11 is 0. The van der Waals surface area contributed by atoms with Crippen molar-refractivity contribution in [3.8, 4) is 0 Å². The fourth-order valence-corrected chi connectivity index (χ4v) is 1.79. The second-order valence-corrected chi connectivity index (χ2v) is 4.64. The molecule has 1 N–H and O–H groups in total. The number of hydrogen-bond acceptors (Lipinski definition) is 6. The molecule has 1 aromatic carbocycles. The SMILES string of the molecule is CCOC(=O)C(C)ON1C=CN(c2ccc(C(F)(F)F)cc2)N1. The average molecular weight is 331 g/mol. The number of halogens is 3. The number of benzene rings is 1. The maximum atomic E-state index is 12.5. The second-order valence-electron chi connectivity index (χ2n) is 4.64. The van der Waals surface area contributed by atoms with Crippen LogP contribution >= 0.6 is 0 Å². The summed E-state index contributed by atoms with van der Waals surface area (Å²) in [7, 11) is 0. The van der Waals surface area contributed by atoms with Gasteiger partial charge in [-0.1, -0.05) is 0 Å². The van der Waals surface area contributed by atoms with Crippen molar-refractivity contribution in [2.45, 2.75) is 26.1 Å². The van der Waals surface area contributed by atoms with E-state index in [1.54, 1.807) is 13.1 Å². The number of anilines is 1. The first-order valence-electron chi connectivity index (χ1n) is 6.85. The maximum absolute atomic E-state index is 12.5. The van der Waals surface area contributed by atoms with E-state index in [1.807, 2.05) is 0 Å². The van der Waals surface area contributed by atoms with Crippen molar-refractivity contribution in [3.05, 3.63) is 42.2 Å². The zero-order valence-electron chi connectivity index (χ0n) is 12.5. The van der Waals surface area contributed by atoms with Gasteiger partial charge in [0.1, 0.15) is 0 Å². The third-order valence-corrected chi connectivity index (χ3v) is 2.92. The van der Waals surface area contributed by atoms with Crippen LogP contribution in [0.2, 0.25) is 0 Å². The quantitative estimate of drug-likeness (QED) is 0.837. The molecule has 0 spiro atoms. The molecule has 1 aromatic rings. The lowest BCUT2D eigenvalue weighted by Crippen LogP contribution is -2.42. The molecule has 1 aliphatic rings. The van der Waals surface area contributed by atoms with Crippen LogP contribution in [0.15, 0.2) is 36.7 Å². The molecule has 0 bridgehead atoms. The van der Waals surface area contributed by atoms with Gasteiger partial charge in [-0.3, -0.25) is 5.01 Å². The summed E-state index contributed by atoms with van der Waals surface area (Å²) in [4.78, 5) is 16.8. The highest BCUT2D eigenvalue weighted by molar-refractivity contribution is 5.74. The van der Waals surface area contributed by atoms with E-state index in [-0.39, 0.29) is 6.61 Å². The number of carbonyl (C=O) groups excluding carboxylic acids is 1. The van der Waals surface area contributed by atoms with Crippen molar-refractivity contribution in [1.82, 2.24) is 10.7 Å². The number of ether oxygens (including phenoxy) is 1. The Labute approximate surface area is 131 Å². The van der Waals surface area contributed by atoms with Crippen LogP contribution in [-0.2, 0) is 20.5 Å². The Morgan fingerprint density at radius 1 is 1.26 bits per heavy atom. The van der Waals surface area contributed by atoms with Crippen LogP contribution in [-0.4, -0.2) is 23.9 Å². The number of hydroxylamine groups is 1. The van der Waals surface area contributed by atoms with Crippen LogP contribution in [0.4, 0.5) is 18.9 Å². The fraction of sp³-hybridized carbons (Fsp3) is 0.357. The van der Waals surface area contributed by atoms with Crippen LogP contribution in [0.3, 0.4) is 0 Å². The Bertz CT molecular complexity index is 575. The summed E-state index contributed by atoms with van der Waals surface area (Å²) < 4.78 is 42.4. The van der Waals surface area contributed by atoms with E-state index in [9.17, 15) is 18.0 Å². The molecule has 1 aliphatic heterocycles. The number of nitrogens with one attached hydrogen (secondary N) is 1. The van der Waals surface area contributed by atoms with Gasteiger partial charge in [-0.25, -0.2) is 9.63 Å². The molecule has 9 heteroatoms. The molecule has 1 atom stereocenters. The van der Waals surface area contributed by atoms with Gasteiger partial charge in [0.15, 0.2) is 6.10 Å². The number of alkyl halides is 3. The van der Waals surface area contributed by atoms with Gasteiger partial charge in [0.2, 0.25) is 0 Å². The summed E-state index contributed by atoms with van der Waals surface area (Å²) in [6.07, 6.45) is -2.19. The summed E-state index contributed by atoms with van der Waals surface area (Å²) in [5, 5.41) is 2.61. The van der Waals surface area contributed by atoms with E-state index >= 15 is 0 Å². The Balaban J connectivity index is 1.93. The second kappa shape index (κ2) is 6.88. The summed E-state index contributed by atoms with van der Waals surface area (Å²) in [6.45, 7) is 3.45.